The van der Waals surface area contributed by atoms with E-state index in [9.17, 15) is 9.18 Å². The number of aryl methyl sites for hydroxylation is 2. The number of benzene rings is 1. The standard InChI is InChI=1S/C25H32FN3O/c1-16(2)23-21-13-18(9-11-29-10-5-6-20(26)15-29)7-8-22(21)27-24(23)19-12-17(3)25(30)28(4)14-19/h7-8,12-14,16,20,27H,5-6,9-11,15H2,1-4H3. The first-order chi connectivity index (χ1) is 14.3. The summed E-state index contributed by atoms with van der Waals surface area (Å²) in [4.78, 5) is 18.0. The fourth-order valence-corrected chi connectivity index (χ4v) is 4.75. The first-order valence-corrected chi connectivity index (χ1v) is 11.0. The van der Waals surface area contributed by atoms with Crippen molar-refractivity contribution in [2.24, 2.45) is 7.05 Å². The second-order valence-electron chi connectivity index (χ2n) is 9.07. The molecule has 0 amide bonds. The maximum atomic E-state index is 13.7. The zero-order valence-electron chi connectivity index (χ0n) is 18.5. The number of hydrogen-bond donors (Lipinski definition) is 1. The quantitative estimate of drug-likeness (QED) is 0.648. The van der Waals surface area contributed by atoms with E-state index < -0.39 is 6.17 Å². The van der Waals surface area contributed by atoms with Crippen LogP contribution in [0.25, 0.3) is 22.2 Å². The number of likely N-dealkylation sites (tertiary alicyclic amines) is 1. The molecule has 160 valence electrons. The molecule has 3 heterocycles. The van der Waals surface area contributed by atoms with Gasteiger partial charge in [-0.05, 0) is 68.0 Å². The molecule has 1 unspecified atom stereocenters. The maximum absolute atomic E-state index is 13.7. The monoisotopic (exact) mass is 409 g/mol. The third-order valence-corrected chi connectivity index (χ3v) is 6.30. The fraction of sp³-hybridized carbons (Fsp3) is 0.480. The molecule has 4 nitrogen and oxygen atoms in total. The zero-order valence-corrected chi connectivity index (χ0v) is 18.5. The summed E-state index contributed by atoms with van der Waals surface area (Å²) in [6.45, 7) is 8.76. The molecule has 3 aromatic rings. The number of pyridine rings is 1. The summed E-state index contributed by atoms with van der Waals surface area (Å²) in [5.41, 5.74) is 6.60. The van der Waals surface area contributed by atoms with Crippen LogP contribution in [-0.4, -0.2) is 40.3 Å². The Morgan fingerprint density at radius 3 is 2.77 bits per heavy atom. The average Bonchev–Trinajstić information content (AvgIpc) is 3.09. The lowest BCUT2D eigenvalue weighted by Crippen LogP contribution is -2.37. The second kappa shape index (κ2) is 8.38. The van der Waals surface area contributed by atoms with Crippen LogP contribution in [0.2, 0.25) is 0 Å². The first kappa shape index (κ1) is 20.9. The van der Waals surface area contributed by atoms with Crippen LogP contribution in [0.15, 0.2) is 35.3 Å². The Hall–Kier alpha value is -2.40. The maximum Gasteiger partial charge on any atom is 0.253 e. The molecule has 2 aromatic heterocycles. The Labute approximate surface area is 177 Å². The van der Waals surface area contributed by atoms with Crippen LogP contribution in [0.4, 0.5) is 4.39 Å². The van der Waals surface area contributed by atoms with Crippen molar-refractivity contribution < 1.29 is 4.39 Å². The van der Waals surface area contributed by atoms with E-state index in [1.807, 2.05) is 19.2 Å². The van der Waals surface area contributed by atoms with Crippen LogP contribution in [0.3, 0.4) is 0 Å². The van der Waals surface area contributed by atoms with Gasteiger partial charge in [-0.1, -0.05) is 19.9 Å². The summed E-state index contributed by atoms with van der Waals surface area (Å²) < 4.78 is 15.3. The molecule has 5 heteroatoms. The number of nitrogens with zero attached hydrogens (tertiary/aromatic N) is 2. The van der Waals surface area contributed by atoms with Gasteiger partial charge in [-0.3, -0.25) is 4.79 Å². The molecule has 1 aliphatic heterocycles. The second-order valence-corrected chi connectivity index (χ2v) is 9.07. The Bertz CT molecular complexity index is 1090. The molecule has 4 rings (SSSR count). The first-order valence-electron chi connectivity index (χ1n) is 11.0. The number of piperidine rings is 1. The van der Waals surface area contributed by atoms with Gasteiger partial charge in [-0.15, -0.1) is 0 Å². The molecule has 0 bridgehead atoms. The van der Waals surface area contributed by atoms with Crippen LogP contribution in [-0.2, 0) is 13.5 Å². The highest BCUT2D eigenvalue weighted by Crippen LogP contribution is 2.36. The molecule has 1 fully saturated rings. The van der Waals surface area contributed by atoms with Gasteiger partial charge in [0.15, 0.2) is 0 Å². The number of halogens is 1. The van der Waals surface area contributed by atoms with Crippen molar-refractivity contribution in [1.82, 2.24) is 14.5 Å². The largest absolute Gasteiger partial charge is 0.354 e. The van der Waals surface area contributed by atoms with E-state index in [0.29, 0.717) is 18.9 Å². The van der Waals surface area contributed by atoms with Gasteiger partial charge in [0, 0.05) is 48.4 Å². The summed E-state index contributed by atoms with van der Waals surface area (Å²) >= 11 is 0. The molecule has 1 aromatic carbocycles. The highest BCUT2D eigenvalue weighted by atomic mass is 19.1. The molecular weight excluding hydrogens is 377 g/mol. The molecule has 0 spiro atoms. The molecule has 1 N–H and O–H groups in total. The Morgan fingerprint density at radius 2 is 2.07 bits per heavy atom. The number of nitrogens with one attached hydrogen (secondary N) is 1. The van der Waals surface area contributed by atoms with E-state index in [-0.39, 0.29) is 5.56 Å². The molecule has 0 aliphatic carbocycles. The number of hydrogen-bond acceptors (Lipinski definition) is 2. The van der Waals surface area contributed by atoms with Gasteiger partial charge in [0.1, 0.15) is 6.17 Å². The van der Waals surface area contributed by atoms with Crippen molar-refractivity contribution in [2.45, 2.75) is 52.1 Å². The van der Waals surface area contributed by atoms with Crippen LogP contribution < -0.4 is 5.56 Å². The van der Waals surface area contributed by atoms with Gasteiger partial charge >= 0.3 is 0 Å². The van der Waals surface area contributed by atoms with Crippen molar-refractivity contribution in [3.05, 3.63) is 57.5 Å². The zero-order chi connectivity index (χ0) is 21.4. The van der Waals surface area contributed by atoms with Crippen molar-refractivity contribution >= 4 is 10.9 Å². The van der Waals surface area contributed by atoms with Gasteiger partial charge in [-0.25, -0.2) is 4.39 Å². The lowest BCUT2D eigenvalue weighted by molar-refractivity contribution is 0.140. The van der Waals surface area contributed by atoms with E-state index in [1.165, 1.54) is 16.5 Å². The van der Waals surface area contributed by atoms with E-state index in [2.05, 4.69) is 41.9 Å². The topological polar surface area (TPSA) is 41.0 Å². The average molecular weight is 410 g/mol. The molecule has 30 heavy (non-hydrogen) atoms. The van der Waals surface area contributed by atoms with Gasteiger partial charge in [0.25, 0.3) is 5.56 Å². The van der Waals surface area contributed by atoms with Gasteiger partial charge in [-0.2, -0.15) is 0 Å². The Morgan fingerprint density at radius 1 is 1.27 bits per heavy atom. The summed E-state index contributed by atoms with van der Waals surface area (Å²) in [6, 6.07) is 8.60. The number of rotatable bonds is 5. The minimum Gasteiger partial charge on any atom is -0.354 e. The van der Waals surface area contributed by atoms with Crippen LogP contribution in [0.5, 0.6) is 0 Å². The smallest absolute Gasteiger partial charge is 0.253 e. The van der Waals surface area contributed by atoms with Gasteiger partial charge in [0.05, 0.1) is 5.69 Å². The predicted octanol–water partition coefficient (Wildman–Crippen LogP) is 4.94. The highest BCUT2D eigenvalue weighted by Gasteiger charge is 2.20. The molecule has 1 aliphatic rings. The van der Waals surface area contributed by atoms with Crippen molar-refractivity contribution in [2.75, 3.05) is 19.6 Å². The van der Waals surface area contributed by atoms with E-state index >= 15 is 0 Å². The highest BCUT2D eigenvalue weighted by molar-refractivity contribution is 5.91. The molecule has 1 atom stereocenters. The summed E-state index contributed by atoms with van der Waals surface area (Å²) in [5, 5.41) is 1.24. The number of alkyl halides is 1. The van der Waals surface area contributed by atoms with Gasteiger partial charge in [0.2, 0.25) is 0 Å². The number of aromatic nitrogens is 2. The molecule has 1 saturated heterocycles. The van der Waals surface area contributed by atoms with Crippen LogP contribution in [0, 0.1) is 6.92 Å². The molecular formula is C25H32FN3O. The van der Waals surface area contributed by atoms with E-state index in [1.54, 1.807) is 11.6 Å². The third kappa shape index (κ3) is 4.08. The van der Waals surface area contributed by atoms with E-state index in [4.69, 9.17) is 0 Å². The van der Waals surface area contributed by atoms with E-state index in [0.717, 1.165) is 48.3 Å². The predicted molar refractivity (Wildman–Crippen MR) is 122 cm³/mol. The lowest BCUT2D eigenvalue weighted by Gasteiger charge is -2.28. The number of H-pyrrole nitrogens is 1. The fourth-order valence-electron chi connectivity index (χ4n) is 4.75. The Kier molecular flexibility index (Phi) is 5.83. The van der Waals surface area contributed by atoms with Crippen LogP contribution >= 0.6 is 0 Å². The number of fused-ring (bicyclic) bond motifs is 1. The lowest BCUT2D eigenvalue weighted by atomic mass is 9.95. The minimum atomic E-state index is -0.675. The van der Waals surface area contributed by atoms with Crippen molar-refractivity contribution in [3.63, 3.8) is 0 Å². The normalized spacial score (nSPS) is 17.9. The summed E-state index contributed by atoms with van der Waals surface area (Å²) in [5.74, 6) is 0.343. The van der Waals surface area contributed by atoms with Gasteiger partial charge < -0.3 is 14.5 Å². The third-order valence-electron chi connectivity index (χ3n) is 6.30. The molecule has 0 radical (unpaired) electrons. The Balaban J connectivity index is 1.68. The minimum absolute atomic E-state index is 0.0384. The SMILES string of the molecule is Cc1cc(-c2[nH]c3ccc(CCN4CCCC(F)C4)cc3c2C(C)C)cn(C)c1=O. The van der Waals surface area contributed by atoms with Crippen LogP contribution in [0.1, 0.15) is 49.3 Å². The van der Waals surface area contributed by atoms with Crippen molar-refractivity contribution in [3.8, 4) is 11.3 Å². The molecule has 0 saturated carbocycles. The van der Waals surface area contributed by atoms with Crippen molar-refractivity contribution in [1.29, 1.82) is 0 Å². The summed E-state index contributed by atoms with van der Waals surface area (Å²) in [7, 11) is 1.80. The number of aromatic amines is 1. The summed E-state index contributed by atoms with van der Waals surface area (Å²) in [6.07, 6.45) is 3.83.